The summed E-state index contributed by atoms with van der Waals surface area (Å²) >= 11 is 3.51. The van der Waals surface area contributed by atoms with Crippen LogP contribution in [-0.2, 0) is 4.79 Å². The van der Waals surface area contributed by atoms with Gasteiger partial charge in [0.15, 0.2) is 0 Å². The standard InChI is InChI=1S/C16H24N2OS2/c1-11(2)14-16(19)18(9-10-20-3)15(17-14)12-5-7-13(21-4)8-6-12/h5-8,11,14-15,17H,9-10H2,1-4H3. The van der Waals surface area contributed by atoms with Gasteiger partial charge in [-0.2, -0.15) is 11.8 Å². The second-order valence-corrected chi connectivity index (χ2v) is 7.45. The van der Waals surface area contributed by atoms with Crippen molar-refractivity contribution in [3.05, 3.63) is 29.8 Å². The first-order valence-electron chi connectivity index (χ1n) is 7.28. The van der Waals surface area contributed by atoms with Gasteiger partial charge in [0.05, 0.1) is 6.04 Å². The Bertz CT molecular complexity index is 476. The lowest BCUT2D eigenvalue weighted by Gasteiger charge is -2.24. The number of thioether (sulfide) groups is 2. The molecule has 2 unspecified atom stereocenters. The molecule has 1 aliphatic heterocycles. The number of rotatable bonds is 6. The van der Waals surface area contributed by atoms with Crippen molar-refractivity contribution in [2.75, 3.05) is 24.8 Å². The SMILES string of the molecule is CSCCN1C(=O)C(C(C)C)NC1c1ccc(SC)cc1. The van der Waals surface area contributed by atoms with Gasteiger partial charge >= 0.3 is 0 Å². The van der Waals surface area contributed by atoms with E-state index in [-0.39, 0.29) is 18.1 Å². The summed E-state index contributed by atoms with van der Waals surface area (Å²) in [5.41, 5.74) is 1.17. The van der Waals surface area contributed by atoms with Crippen LogP contribution >= 0.6 is 23.5 Å². The highest BCUT2D eigenvalue weighted by molar-refractivity contribution is 7.98. The van der Waals surface area contributed by atoms with Crippen LogP contribution in [0.5, 0.6) is 0 Å². The van der Waals surface area contributed by atoms with Crippen molar-refractivity contribution < 1.29 is 4.79 Å². The van der Waals surface area contributed by atoms with Crippen molar-refractivity contribution in [2.45, 2.75) is 31.0 Å². The molecule has 116 valence electrons. The van der Waals surface area contributed by atoms with Gasteiger partial charge in [-0.1, -0.05) is 26.0 Å². The predicted octanol–water partition coefficient (Wildman–Crippen LogP) is 3.23. The van der Waals surface area contributed by atoms with E-state index < -0.39 is 0 Å². The van der Waals surface area contributed by atoms with Gasteiger partial charge in [0.2, 0.25) is 5.91 Å². The molecular weight excluding hydrogens is 300 g/mol. The van der Waals surface area contributed by atoms with E-state index in [1.54, 1.807) is 23.5 Å². The van der Waals surface area contributed by atoms with Crippen molar-refractivity contribution >= 4 is 29.4 Å². The van der Waals surface area contributed by atoms with E-state index in [0.29, 0.717) is 5.92 Å². The monoisotopic (exact) mass is 324 g/mol. The van der Waals surface area contributed by atoms with Crippen molar-refractivity contribution in [3.8, 4) is 0 Å². The molecule has 0 radical (unpaired) electrons. The van der Waals surface area contributed by atoms with Crippen molar-refractivity contribution in [1.29, 1.82) is 0 Å². The summed E-state index contributed by atoms with van der Waals surface area (Å²) in [6, 6.07) is 8.44. The van der Waals surface area contributed by atoms with Crippen molar-refractivity contribution in [3.63, 3.8) is 0 Å². The quantitative estimate of drug-likeness (QED) is 0.814. The lowest BCUT2D eigenvalue weighted by atomic mass is 10.1. The predicted molar refractivity (Wildman–Crippen MR) is 92.8 cm³/mol. The zero-order valence-electron chi connectivity index (χ0n) is 13.1. The van der Waals surface area contributed by atoms with E-state index in [9.17, 15) is 4.79 Å². The number of benzene rings is 1. The third kappa shape index (κ3) is 3.76. The molecule has 1 aromatic carbocycles. The van der Waals surface area contributed by atoms with Gasteiger partial charge < -0.3 is 4.90 Å². The fourth-order valence-electron chi connectivity index (χ4n) is 2.61. The summed E-state index contributed by atoms with van der Waals surface area (Å²) in [5.74, 6) is 1.51. The third-order valence-corrected chi connectivity index (χ3v) is 5.17. The van der Waals surface area contributed by atoms with E-state index in [0.717, 1.165) is 12.3 Å². The average Bonchev–Trinajstić information content (AvgIpc) is 2.82. The Hall–Kier alpha value is -0.650. The first kappa shape index (κ1) is 16.7. The minimum Gasteiger partial charge on any atom is -0.321 e. The van der Waals surface area contributed by atoms with Crippen LogP contribution in [0.25, 0.3) is 0 Å². The van der Waals surface area contributed by atoms with Crippen LogP contribution in [0, 0.1) is 5.92 Å². The Kier molecular flexibility index (Phi) is 6.02. The highest BCUT2D eigenvalue weighted by Crippen LogP contribution is 2.29. The molecule has 1 heterocycles. The van der Waals surface area contributed by atoms with Crippen LogP contribution in [0.3, 0.4) is 0 Å². The number of nitrogens with one attached hydrogen (secondary N) is 1. The Morgan fingerprint density at radius 3 is 2.43 bits per heavy atom. The fraction of sp³-hybridized carbons (Fsp3) is 0.562. The number of hydrogen-bond acceptors (Lipinski definition) is 4. The van der Waals surface area contributed by atoms with Crippen LogP contribution in [0.4, 0.5) is 0 Å². The summed E-state index contributed by atoms with van der Waals surface area (Å²) < 4.78 is 0. The van der Waals surface area contributed by atoms with E-state index in [4.69, 9.17) is 0 Å². The van der Waals surface area contributed by atoms with Gasteiger partial charge in [0.1, 0.15) is 6.17 Å². The Morgan fingerprint density at radius 2 is 1.90 bits per heavy atom. The molecule has 2 rings (SSSR count). The maximum absolute atomic E-state index is 12.6. The minimum absolute atomic E-state index is 0.00737. The van der Waals surface area contributed by atoms with Crippen LogP contribution in [0.1, 0.15) is 25.6 Å². The maximum Gasteiger partial charge on any atom is 0.241 e. The molecule has 1 N–H and O–H groups in total. The van der Waals surface area contributed by atoms with Crippen LogP contribution in [0.2, 0.25) is 0 Å². The molecule has 0 saturated carbocycles. The third-order valence-electron chi connectivity index (χ3n) is 3.83. The lowest BCUT2D eigenvalue weighted by molar-refractivity contribution is -0.130. The van der Waals surface area contributed by atoms with Gasteiger partial charge in [-0.3, -0.25) is 10.1 Å². The molecule has 1 aromatic rings. The molecule has 1 aliphatic rings. The summed E-state index contributed by atoms with van der Waals surface area (Å²) in [7, 11) is 0. The highest BCUT2D eigenvalue weighted by Gasteiger charge is 2.40. The van der Waals surface area contributed by atoms with Crippen molar-refractivity contribution in [2.24, 2.45) is 5.92 Å². The Labute approximate surface area is 136 Å². The molecule has 5 heteroatoms. The smallest absolute Gasteiger partial charge is 0.241 e. The molecule has 0 aromatic heterocycles. The topological polar surface area (TPSA) is 32.3 Å². The maximum atomic E-state index is 12.6. The number of nitrogens with zero attached hydrogens (tertiary/aromatic N) is 1. The zero-order chi connectivity index (χ0) is 15.4. The first-order valence-corrected chi connectivity index (χ1v) is 9.89. The first-order chi connectivity index (χ1) is 10.1. The molecule has 0 spiro atoms. The van der Waals surface area contributed by atoms with Gasteiger partial charge in [-0.15, -0.1) is 11.8 Å². The van der Waals surface area contributed by atoms with Gasteiger partial charge in [-0.05, 0) is 36.1 Å². The highest BCUT2D eigenvalue weighted by atomic mass is 32.2. The second kappa shape index (κ2) is 7.56. The minimum atomic E-state index is -0.0721. The van der Waals surface area contributed by atoms with Crippen molar-refractivity contribution in [1.82, 2.24) is 10.2 Å². The van der Waals surface area contributed by atoms with Gasteiger partial charge in [-0.25, -0.2) is 0 Å². The summed E-state index contributed by atoms with van der Waals surface area (Å²) in [6.07, 6.45) is 4.16. The Balaban J connectivity index is 2.22. The van der Waals surface area contributed by atoms with Gasteiger partial charge in [0, 0.05) is 17.2 Å². The largest absolute Gasteiger partial charge is 0.321 e. The van der Waals surface area contributed by atoms with E-state index >= 15 is 0 Å². The van der Waals surface area contributed by atoms with Crippen LogP contribution in [-0.4, -0.2) is 41.7 Å². The molecule has 1 saturated heterocycles. The van der Waals surface area contributed by atoms with E-state index in [1.807, 2.05) is 4.90 Å². The summed E-state index contributed by atoms with van der Waals surface area (Å²) in [6.45, 7) is 4.99. The number of carbonyl (C=O) groups excluding carboxylic acids is 1. The molecule has 21 heavy (non-hydrogen) atoms. The summed E-state index contributed by atoms with van der Waals surface area (Å²) in [4.78, 5) is 15.9. The molecule has 0 aliphatic carbocycles. The number of hydrogen-bond donors (Lipinski definition) is 1. The molecule has 0 bridgehead atoms. The fourth-order valence-corrected chi connectivity index (χ4v) is 3.39. The van der Waals surface area contributed by atoms with Crippen LogP contribution in [0.15, 0.2) is 29.2 Å². The van der Waals surface area contributed by atoms with Gasteiger partial charge in [0.25, 0.3) is 0 Å². The lowest BCUT2D eigenvalue weighted by Crippen LogP contribution is -2.35. The average molecular weight is 325 g/mol. The normalized spacial score (nSPS) is 22.3. The summed E-state index contributed by atoms with van der Waals surface area (Å²) in [5, 5.41) is 3.51. The number of carbonyl (C=O) groups is 1. The zero-order valence-corrected chi connectivity index (χ0v) is 14.8. The molecule has 2 atom stereocenters. The second-order valence-electron chi connectivity index (χ2n) is 5.59. The number of amides is 1. The molecule has 1 fully saturated rings. The van der Waals surface area contributed by atoms with Crippen LogP contribution < -0.4 is 5.32 Å². The van der Waals surface area contributed by atoms with E-state index in [1.165, 1.54) is 10.5 Å². The molecule has 3 nitrogen and oxygen atoms in total. The van der Waals surface area contributed by atoms with E-state index in [2.05, 4.69) is 55.9 Å². The molecule has 1 amide bonds. The molecular formula is C16H24N2OS2. The Morgan fingerprint density at radius 1 is 1.24 bits per heavy atom.